The molecule has 2 fully saturated rings. The van der Waals surface area contributed by atoms with Crippen molar-refractivity contribution in [1.29, 1.82) is 0 Å². The number of carbonyl (C=O) groups is 1. The van der Waals surface area contributed by atoms with Gasteiger partial charge in [-0.05, 0) is 32.6 Å². The first kappa shape index (κ1) is 13.8. The molecule has 2 aliphatic rings. The topological polar surface area (TPSA) is 44.4 Å². The molecule has 2 rings (SSSR count). The first-order valence-electron chi connectivity index (χ1n) is 7.48. The summed E-state index contributed by atoms with van der Waals surface area (Å²) >= 11 is 0. The molecule has 4 heteroatoms. The molecular formula is C14H27N3O. The number of nitrogens with zero attached hydrogens (tertiary/aromatic N) is 1. The second-order valence-electron chi connectivity index (χ2n) is 5.74. The second kappa shape index (κ2) is 6.53. The Morgan fingerprint density at radius 2 is 2.17 bits per heavy atom. The van der Waals surface area contributed by atoms with Crippen LogP contribution in [0.25, 0.3) is 0 Å². The van der Waals surface area contributed by atoms with Gasteiger partial charge in [0.15, 0.2) is 0 Å². The molecule has 2 N–H and O–H groups in total. The van der Waals surface area contributed by atoms with E-state index in [0.29, 0.717) is 12.1 Å². The highest BCUT2D eigenvalue weighted by atomic mass is 16.2. The first-order chi connectivity index (χ1) is 8.70. The highest BCUT2D eigenvalue weighted by Gasteiger charge is 2.32. The molecule has 0 aromatic carbocycles. The second-order valence-corrected chi connectivity index (χ2v) is 5.74. The Bertz CT molecular complexity index is 282. The highest BCUT2D eigenvalue weighted by molar-refractivity contribution is 5.81. The van der Waals surface area contributed by atoms with Gasteiger partial charge in [0.25, 0.3) is 0 Å². The zero-order valence-corrected chi connectivity index (χ0v) is 11.7. The molecule has 2 saturated heterocycles. The number of fused-ring (bicyclic) bond motifs is 2. The molecule has 2 aliphatic heterocycles. The lowest BCUT2D eigenvalue weighted by atomic mass is 10.1. The Labute approximate surface area is 110 Å². The largest absolute Gasteiger partial charge is 0.355 e. The Kier molecular flexibility index (Phi) is 5.01. The number of amides is 1. The third-order valence-corrected chi connectivity index (χ3v) is 4.31. The molecule has 0 spiro atoms. The van der Waals surface area contributed by atoms with Gasteiger partial charge in [0.2, 0.25) is 5.91 Å². The highest BCUT2D eigenvalue weighted by Crippen LogP contribution is 2.21. The van der Waals surface area contributed by atoms with Crippen LogP contribution in [0.4, 0.5) is 0 Å². The molecule has 0 aromatic heterocycles. The summed E-state index contributed by atoms with van der Waals surface area (Å²) in [6, 6.07) is 1.31. The summed E-state index contributed by atoms with van der Waals surface area (Å²) in [4.78, 5) is 14.4. The van der Waals surface area contributed by atoms with Crippen molar-refractivity contribution in [3.8, 4) is 0 Å². The van der Waals surface area contributed by atoms with E-state index in [0.717, 1.165) is 32.5 Å². The van der Waals surface area contributed by atoms with Gasteiger partial charge in [0.1, 0.15) is 0 Å². The van der Waals surface area contributed by atoms with Gasteiger partial charge in [-0.25, -0.2) is 0 Å². The number of hydrogen-bond acceptors (Lipinski definition) is 3. The maximum Gasteiger partial charge on any atom is 0.237 e. The van der Waals surface area contributed by atoms with E-state index >= 15 is 0 Å². The van der Waals surface area contributed by atoms with Crippen LogP contribution in [0, 0.1) is 0 Å². The van der Waals surface area contributed by atoms with Crippen molar-refractivity contribution < 1.29 is 4.79 Å². The number of carbonyl (C=O) groups excluding carboxylic acids is 1. The molecule has 0 saturated carbocycles. The molecule has 3 atom stereocenters. The normalized spacial score (nSPS) is 29.9. The molecule has 104 valence electrons. The third kappa shape index (κ3) is 3.45. The van der Waals surface area contributed by atoms with Gasteiger partial charge in [0.05, 0.1) is 6.04 Å². The van der Waals surface area contributed by atoms with Gasteiger partial charge in [-0.15, -0.1) is 0 Å². The van der Waals surface area contributed by atoms with Crippen LogP contribution in [0.15, 0.2) is 0 Å². The van der Waals surface area contributed by atoms with Crippen molar-refractivity contribution in [3.05, 3.63) is 0 Å². The molecular weight excluding hydrogens is 226 g/mol. The maximum atomic E-state index is 12.1. The average molecular weight is 253 g/mol. The minimum absolute atomic E-state index is 0.0167. The Hall–Kier alpha value is -0.610. The Balaban J connectivity index is 1.80. The number of nitrogens with one attached hydrogen (secondary N) is 2. The van der Waals surface area contributed by atoms with Crippen molar-refractivity contribution in [2.75, 3.05) is 19.6 Å². The minimum atomic E-state index is 0.0167. The predicted octanol–water partition coefficient (Wildman–Crippen LogP) is 1.12. The van der Waals surface area contributed by atoms with Crippen LogP contribution < -0.4 is 10.6 Å². The van der Waals surface area contributed by atoms with E-state index in [1.807, 2.05) is 6.92 Å². The van der Waals surface area contributed by atoms with Crippen molar-refractivity contribution >= 4 is 5.91 Å². The number of rotatable bonds is 5. The van der Waals surface area contributed by atoms with E-state index in [9.17, 15) is 4.79 Å². The van der Waals surface area contributed by atoms with Gasteiger partial charge in [-0.1, -0.05) is 13.3 Å². The lowest BCUT2D eigenvalue weighted by Crippen LogP contribution is -2.48. The molecule has 0 aromatic rings. The van der Waals surface area contributed by atoms with Gasteiger partial charge >= 0.3 is 0 Å². The number of likely N-dealkylation sites (tertiary alicyclic amines) is 1. The zero-order valence-electron chi connectivity index (χ0n) is 11.7. The third-order valence-electron chi connectivity index (χ3n) is 4.31. The fourth-order valence-electron chi connectivity index (χ4n) is 3.02. The Morgan fingerprint density at radius 1 is 1.39 bits per heavy atom. The van der Waals surface area contributed by atoms with Crippen molar-refractivity contribution in [3.63, 3.8) is 0 Å². The van der Waals surface area contributed by atoms with Gasteiger partial charge in [0, 0.05) is 31.7 Å². The number of hydrogen-bond donors (Lipinski definition) is 2. The fraction of sp³-hybridized carbons (Fsp3) is 0.929. The van der Waals surface area contributed by atoms with E-state index in [4.69, 9.17) is 0 Å². The summed E-state index contributed by atoms with van der Waals surface area (Å²) in [5, 5.41) is 6.70. The summed E-state index contributed by atoms with van der Waals surface area (Å²) in [7, 11) is 0. The van der Waals surface area contributed by atoms with Gasteiger partial charge in [-0.3, -0.25) is 9.69 Å². The molecule has 2 bridgehead atoms. The fourth-order valence-corrected chi connectivity index (χ4v) is 3.02. The first-order valence-corrected chi connectivity index (χ1v) is 7.48. The van der Waals surface area contributed by atoms with Crippen LogP contribution in [0.3, 0.4) is 0 Å². The summed E-state index contributed by atoms with van der Waals surface area (Å²) < 4.78 is 0. The van der Waals surface area contributed by atoms with Crippen LogP contribution in [0.2, 0.25) is 0 Å². The molecule has 3 unspecified atom stereocenters. The summed E-state index contributed by atoms with van der Waals surface area (Å²) in [5.41, 5.74) is 0. The van der Waals surface area contributed by atoms with Gasteiger partial charge < -0.3 is 10.6 Å². The quantitative estimate of drug-likeness (QED) is 0.722. The molecule has 1 amide bonds. The van der Waals surface area contributed by atoms with Crippen LogP contribution in [-0.2, 0) is 4.79 Å². The van der Waals surface area contributed by atoms with Gasteiger partial charge in [-0.2, -0.15) is 0 Å². The van der Waals surface area contributed by atoms with Crippen LogP contribution in [0.5, 0.6) is 0 Å². The lowest BCUT2D eigenvalue weighted by molar-refractivity contribution is -0.126. The smallest absolute Gasteiger partial charge is 0.237 e. The zero-order chi connectivity index (χ0) is 13.0. The van der Waals surface area contributed by atoms with Crippen molar-refractivity contribution in [2.45, 2.75) is 64.1 Å². The van der Waals surface area contributed by atoms with Crippen LogP contribution in [0.1, 0.15) is 46.0 Å². The molecule has 0 radical (unpaired) electrons. The number of unbranched alkanes of at least 4 members (excludes halogenated alkanes) is 1. The average Bonchev–Trinajstić information content (AvgIpc) is 2.68. The van der Waals surface area contributed by atoms with E-state index in [1.165, 1.54) is 19.3 Å². The molecule has 4 nitrogen and oxygen atoms in total. The summed E-state index contributed by atoms with van der Waals surface area (Å²) in [5.74, 6) is 0.196. The monoisotopic (exact) mass is 253 g/mol. The van der Waals surface area contributed by atoms with E-state index in [-0.39, 0.29) is 11.9 Å². The summed E-state index contributed by atoms with van der Waals surface area (Å²) in [6.45, 7) is 7.08. The minimum Gasteiger partial charge on any atom is -0.355 e. The van der Waals surface area contributed by atoms with Crippen LogP contribution >= 0.6 is 0 Å². The van der Waals surface area contributed by atoms with Crippen LogP contribution in [-0.4, -0.2) is 48.6 Å². The maximum absolute atomic E-state index is 12.1. The summed E-state index contributed by atoms with van der Waals surface area (Å²) in [6.07, 6.45) is 5.97. The molecule has 0 aliphatic carbocycles. The molecule has 2 heterocycles. The van der Waals surface area contributed by atoms with E-state index < -0.39 is 0 Å². The standard InChI is InChI=1S/C14H27N3O/c1-3-4-8-15-14(18)11(2)17-9-7-12-5-6-13(10-17)16-12/h11-13,16H,3-10H2,1-2H3,(H,15,18). The van der Waals surface area contributed by atoms with E-state index in [2.05, 4.69) is 22.5 Å². The van der Waals surface area contributed by atoms with Crippen molar-refractivity contribution in [1.82, 2.24) is 15.5 Å². The Morgan fingerprint density at radius 3 is 2.94 bits per heavy atom. The predicted molar refractivity (Wildman–Crippen MR) is 73.5 cm³/mol. The lowest BCUT2D eigenvalue weighted by Gasteiger charge is -2.29. The SMILES string of the molecule is CCCCNC(=O)C(C)N1CCC2CCC(C1)N2. The van der Waals surface area contributed by atoms with Crippen molar-refractivity contribution in [2.24, 2.45) is 0 Å². The molecule has 18 heavy (non-hydrogen) atoms. The van der Waals surface area contributed by atoms with E-state index in [1.54, 1.807) is 0 Å².